The van der Waals surface area contributed by atoms with E-state index in [0.717, 1.165) is 122 Å². The molecule has 1 atom stereocenters. The highest BCUT2D eigenvalue weighted by molar-refractivity contribution is 5.71. The highest BCUT2D eigenvalue weighted by Crippen LogP contribution is 2.17. The van der Waals surface area contributed by atoms with Crippen LogP contribution in [-0.2, 0) is 28.6 Å². The number of esters is 3. The molecule has 0 aliphatic carbocycles. The van der Waals surface area contributed by atoms with Gasteiger partial charge in [-0.2, -0.15) is 0 Å². The summed E-state index contributed by atoms with van der Waals surface area (Å²) in [5.74, 6) is -0.885. The molecule has 0 spiro atoms. The number of allylic oxidation sites excluding steroid dienone is 16. The van der Waals surface area contributed by atoms with Crippen molar-refractivity contribution in [2.75, 3.05) is 13.2 Å². The molecule has 0 aromatic rings. The molecule has 1 unspecified atom stereocenters. The predicted octanol–water partition coefficient (Wildman–Crippen LogP) is 22.8. The van der Waals surface area contributed by atoms with Crippen LogP contribution in [0.2, 0.25) is 0 Å². The van der Waals surface area contributed by atoms with Gasteiger partial charge < -0.3 is 14.2 Å². The van der Waals surface area contributed by atoms with Gasteiger partial charge in [0.2, 0.25) is 0 Å². The monoisotopic (exact) mass is 1080 g/mol. The van der Waals surface area contributed by atoms with Crippen molar-refractivity contribution in [1.29, 1.82) is 0 Å². The summed E-state index contributed by atoms with van der Waals surface area (Å²) >= 11 is 0. The van der Waals surface area contributed by atoms with E-state index < -0.39 is 6.10 Å². The van der Waals surface area contributed by atoms with Gasteiger partial charge in [-0.25, -0.2) is 0 Å². The smallest absolute Gasteiger partial charge is 0.306 e. The van der Waals surface area contributed by atoms with Crippen LogP contribution in [-0.4, -0.2) is 37.2 Å². The Morgan fingerprint density at radius 2 is 0.500 bits per heavy atom. The van der Waals surface area contributed by atoms with Crippen molar-refractivity contribution in [2.45, 2.75) is 329 Å². The molecule has 0 heterocycles. The first-order valence-electron chi connectivity index (χ1n) is 33.2. The molecule has 0 aliphatic rings. The molecule has 0 saturated heterocycles. The molecule has 0 aromatic carbocycles. The Balaban J connectivity index is 4.19. The fourth-order valence-electron chi connectivity index (χ4n) is 9.40. The second-order valence-electron chi connectivity index (χ2n) is 22.0. The van der Waals surface area contributed by atoms with Crippen molar-refractivity contribution >= 4 is 17.9 Å². The topological polar surface area (TPSA) is 78.9 Å². The quantitative estimate of drug-likeness (QED) is 0.0261. The van der Waals surface area contributed by atoms with E-state index in [0.29, 0.717) is 19.3 Å². The first-order valence-corrected chi connectivity index (χ1v) is 33.2. The second kappa shape index (κ2) is 65.8. The number of carbonyl (C=O) groups is 3. The third-order valence-corrected chi connectivity index (χ3v) is 14.4. The molecule has 6 nitrogen and oxygen atoms in total. The van der Waals surface area contributed by atoms with Crippen molar-refractivity contribution < 1.29 is 28.6 Å². The zero-order chi connectivity index (χ0) is 56.4. The third kappa shape index (κ3) is 63.2. The number of hydrogen-bond acceptors (Lipinski definition) is 6. The lowest BCUT2D eigenvalue weighted by atomic mass is 10.0. The van der Waals surface area contributed by atoms with Gasteiger partial charge in [-0.3, -0.25) is 14.4 Å². The summed E-state index contributed by atoms with van der Waals surface area (Å²) < 4.78 is 16.9. The Kier molecular flexibility index (Phi) is 62.7. The second-order valence-corrected chi connectivity index (χ2v) is 22.0. The van der Waals surface area contributed by atoms with Gasteiger partial charge in [-0.1, -0.05) is 317 Å². The number of rotatable bonds is 60. The van der Waals surface area contributed by atoms with Crippen LogP contribution in [0.5, 0.6) is 0 Å². The van der Waals surface area contributed by atoms with Crippen molar-refractivity contribution in [1.82, 2.24) is 0 Å². The van der Waals surface area contributed by atoms with Crippen molar-refractivity contribution in [3.8, 4) is 0 Å². The van der Waals surface area contributed by atoms with Gasteiger partial charge >= 0.3 is 17.9 Å². The zero-order valence-electron chi connectivity index (χ0n) is 51.4. The number of hydrogen-bond donors (Lipinski definition) is 0. The average Bonchev–Trinajstić information content (AvgIpc) is 3.44. The van der Waals surface area contributed by atoms with Gasteiger partial charge in [0, 0.05) is 19.3 Å². The minimum atomic E-state index is -0.780. The Morgan fingerprint density at radius 3 is 0.782 bits per heavy atom. The fraction of sp³-hybridized carbons (Fsp3) is 0.736. The molecule has 0 aromatic heterocycles. The number of ether oxygens (including phenoxy) is 3. The summed E-state index contributed by atoms with van der Waals surface area (Å²) in [6, 6.07) is 0. The Hall–Kier alpha value is -3.67. The van der Waals surface area contributed by atoms with E-state index in [9.17, 15) is 14.4 Å². The van der Waals surface area contributed by atoms with E-state index in [1.807, 2.05) is 0 Å². The van der Waals surface area contributed by atoms with E-state index in [-0.39, 0.29) is 31.1 Å². The summed E-state index contributed by atoms with van der Waals surface area (Å²) in [7, 11) is 0. The molecular formula is C72H124O6. The molecule has 0 aliphatic heterocycles. The summed E-state index contributed by atoms with van der Waals surface area (Å²) in [6.07, 6.45) is 88.7. The predicted molar refractivity (Wildman–Crippen MR) is 339 cm³/mol. The number of carbonyl (C=O) groups excluding carboxylic acids is 3. The van der Waals surface area contributed by atoms with Gasteiger partial charge in [0.15, 0.2) is 6.10 Å². The van der Waals surface area contributed by atoms with Crippen LogP contribution in [0, 0.1) is 0 Å². The Bertz CT molecular complexity index is 1530. The van der Waals surface area contributed by atoms with Gasteiger partial charge in [0.05, 0.1) is 0 Å². The highest BCUT2D eigenvalue weighted by atomic mass is 16.6. The molecular weight excluding hydrogens is 961 g/mol. The lowest BCUT2D eigenvalue weighted by Crippen LogP contribution is -2.30. The van der Waals surface area contributed by atoms with E-state index in [1.165, 1.54) is 161 Å². The highest BCUT2D eigenvalue weighted by Gasteiger charge is 2.19. The van der Waals surface area contributed by atoms with Crippen LogP contribution in [0.25, 0.3) is 0 Å². The van der Waals surface area contributed by atoms with Gasteiger partial charge in [-0.15, -0.1) is 0 Å². The Labute approximate surface area is 483 Å². The largest absolute Gasteiger partial charge is 0.462 e. The van der Waals surface area contributed by atoms with E-state index in [4.69, 9.17) is 14.2 Å². The van der Waals surface area contributed by atoms with Crippen LogP contribution >= 0.6 is 0 Å². The SMILES string of the molecule is CC/C=C\C/C=C\C/C=C\C/C=C\C/C=C\C/C=C\C/C=C\C/C=C\CCCCCCCCC(=O)OCC(COC(=O)CCCCCCCCCC)OC(=O)CCCCCCCCCCCCCCCCCCCCCCC. The molecule has 448 valence electrons. The summed E-state index contributed by atoms with van der Waals surface area (Å²) in [5, 5.41) is 0. The normalized spacial score (nSPS) is 12.7. The van der Waals surface area contributed by atoms with Crippen LogP contribution in [0.3, 0.4) is 0 Å². The van der Waals surface area contributed by atoms with Crippen LogP contribution in [0.1, 0.15) is 323 Å². The summed E-state index contributed by atoms with van der Waals surface area (Å²) in [4.78, 5) is 38.2. The minimum absolute atomic E-state index is 0.0782. The van der Waals surface area contributed by atoms with Gasteiger partial charge in [-0.05, 0) is 83.5 Å². The molecule has 0 radical (unpaired) electrons. The van der Waals surface area contributed by atoms with Crippen LogP contribution in [0.4, 0.5) is 0 Å². The van der Waals surface area contributed by atoms with Crippen molar-refractivity contribution in [3.05, 3.63) is 97.2 Å². The fourth-order valence-corrected chi connectivity index (χ4v) is 9.40. The summed E-state index contributed by atoms with van der Waals surface area (Å²) in [6.45, 7) is 6.52. The first kappa shape index (κ1) is 74.3. The standard InChI is InChI=1S/C72H124O6/c1-4-7-10-13-16-19-21-23-25-27-29-31-32-33-34-35-36-37-38-39-40-42-43-45-47-49-51-53-56-59-62-65-71(74)77-68-69(67-76-70(73)64-61-58-55-18-15-12-9-6-3)78-72(75)66-63-60-57-54-52-50-48-46-44-41-30-28-26-24-22-20-17-14-11-8-5-2/h7,10,16,19,23,25,29,31,33-34,36-37,39-40,43,45,69H,4-6,8-9,11-15,17-18,20-22,24,26-28,30,32,35,38,41-42,44,46-68H2,1-3H3/b10-7-,19-16-,25-23-,31-29-,34-33-,37-36-,40-39-,45-43-. The van der Waals surface area contributed by atoms with Crippen molar-refractivity contribution in [2.24, 2.45) is 0 Å². The molecule has 0 fully saturated rings. The van der Waals surface area contributed by atoms with Gasteiger partial charge in [0.25, 0.3) is 0 Å². The maximum atomic E-state index is 12.9. The zero-order valence-corrected chi connectivity index (χ0v) is 51.4. The maximum absolute atomic E-state index is 12.9. The third-order valence-electron chi connectivity index (χ3n) is 14.4. The van der Waals surface area contributed by atoms with Crippen LogP contribution < -0.4 is 0 Å². The van der Waals surface area contributed by atoms with Gasteiger partial charge in [0.1, 0.15) is 13.2 Å². The lowest BCUT2D eigenvalue weighted by Gasteiger charge is -2.18. The molecule has 0 amide bonds. The summed E-state index contributed by atoms with van der Waals surface area (Å²) in [5.41, 5.74) is 0. The lowest BCUT2D eigenvalue weighted by molar-refractivity contribution is -0.167. The first-order chi connectivity index (χ1) is 38.5. The molecule has 78 heavy (non-hydrogen) atoms. The molecule has 6 heteroatoms. The molecule has 0 rings (SSSR count). The van der Waals surface area contributed by atoms with E-state index in [2.05, 4.69) is 118 Å². The molecule has 0 bridgehead atoms. The molecule has 0 N–H and O–H groups in total. The molecule has 0 saturated carbocycles. The number of unbranched alkanes of at least 4 members (excludes halogenated alkanes) is 33. The minimum Gasteiger partial charge on any atom is -0.462 e. The van der Waals surface area contributed by atoms with Crippen molar-refractivity contribution in [3.63, 3.8) is 0 Å². The van der Waals surface area contributed by atoms with E-state index >= 15 is 0 Å². The Morgan fingerprint density at radius 1 is 0.269 bits per heavy atom. The van der Waals surface area contributed by atoms with E-state index in [1.54, 1.807) is 0 Å². The average molecular weight is 1090 g/mol. The van der Waals surface area contributed by atoms with Crippen LogP contribution in [0.15, 0.2) is 97.2 Å². The maximum Gasteiger partial charge on any atom is 0.306 e.